The van der Waals surface area contributed by atoms with E-state index in [4.69, 9.17) is 4.42 Å². The molecule has 0 saturated carbocycles. The molecule has 3 rings (SSSR count). The van der Waals surface area contributed by atoms with Gasteiger partial charge in [0, 0.05) is 29.8 Å². The molecular formula is C21H22N2O3. The number of carbonyl (C=O) groups is 1. The highest BCUT2D eigenvalue weighted by molar-refractivity contribution is 6.02. The average Bonchev–Trinajstić information content (AvgIpc) is 2.60. The van der Waals surface area contributed by atoms with E-state index in [1.807, 2.05) is 52.1 Å². The molecule has 2 aromatic carbocycles. The lowest BCUT2D eigenvalue weighted by Gasteiger charge is -2.18. The van der Waals surface area contributed by atoms with E-state index in [0.29, 0.717) is 22.4 Å². The maximum absolute atomic E-state index is 12.7. The predicted molar refractivity (Wildman–Crippen MR) is 106 cm³/mol. The van der Waals surface area contributed by atoms with Gasteiger partial charge in [-0.05, 0) is 36.4 Å². The molecule has 0 fully saturated rings. The number of amides is 1. The Morgan fingerprint density at radius 3 is 2.35 bits per heavy atom. The molecule has 0 bridgehead atoms. The maximum Gasteiger partial charge on any atom is 0.229 e. The fourth-order valence-corrected chi connectivity index (χ4v) is 2.57. The first-order valence-electron chi connectivity index (χ1n) is 8.46. The first kappa shape index (κ1) is 17.7. The Balaban J connectivity index is 2.07. The highest BCUT2D eigenvalue weighted by Crippen LogP contribution is 2.27. The van der Waals surface area contributed by atoms with Crippen molar-refractivity contribution in [2.24, 2.45) is 5.41 Å². The van der Waals surface area contributed by atoms with Crippen LogP contribution in [0.3, 0.4) is 0 Å². The Morgan fingerprint density at radius 1 is 1.04 bits per heavy atom. The molecule has 0 unspecified atom stereocenters. The molecule has 0 radical (unpaired) electrons. The normalized spacial score (nSPS) is 11.4. The monoisotopic (exact) mass is 350 g/mol. The van der Waals surface area contributed by atoms with E-state index in [0.717, 1.165) is 11.3 Å². The van der Waals surface area contributed by atoms with Gasteiger partial charge < -0.3 is 15.1 Å². The Kier molecular flexibility index (Phi) is 4.55. The summed E-state index contributed by atoms with van der Waals surface area (Å²) >= 11 is 0. The minimum Gasteiger partial charge on any atom is -0.456 e. The van der Waals surface area contributed by atoms with Crippen molar-refractivity contribution < 1.29 is 9.21 Å². The minimum absolute atomic E-state index is 0.156. The molecule has 3 aromatic rings. The quantitative estimate of drug-likeness (QED) is 0.730. The summed E-state index contributed by atoms with van der Waals surface area (Å²) in [6, 6.07) is 14.3. The molecule has 1 heterocycles. The Hall–Kier alpha value is -3.08. The van der Waals surface area contributed by atoms with Crippen molar-refractivity contribution in [3.8, 4) is 11.3 Å². The lowest BCUT2D eigenvalue weighted by Crippen LogP contribution is -2.28. The molecule has 5 nitrogen and oxygen atoms in total. The maximum atomic E-state index is 12.7. The van der Waals surface area contributed by atoms with Gasteiger partial charge in [-0.25, -0.2) is 0 Å². The molecule has 0 aliphatic rings. The largest absolute Gasteiger partial charge is 0.456 e. The van der Waals surface area contributed by atoms with Crippen LogP contribution >= 0.6 is 0 Å². The van der Waals surface area contributed by atoms with Crippen LogP contribution in [-0.2, 0) is 4.79 Å². The highest BCUT2D eigenvalue weighted by Gasteiger charge is 2.22. The van der Waals surface area contributed by atoms with Crippen molar-refractivity contribution >= 4 is 28.3 Å². The first-order valence-corrected chi connectivity index (χ1v) is 8.46. The molecule has 1 amide bonds. The zero-order chi connectivity index (χ0) is 18.9. The van der Waals surface area contributed by atoms with Gasteiger partial charge in [-0.15, -0.1) is 0 Å². The van der Waals surface area contributed by atoms with Gasteiger partial charge in [-0.3, -0.25) is 9.59 Å². The van der Waals surface area contributed by atoms with E-state index in [1.165, 1.54) is 6.07 Å². The molecular weight excluding hydrogens is 328 g/mol. The summed E-state index contributed by atoms with van der Waals surface area (Å²) in [7, 11) is 1.85. The van der Waals surface area contributed by atoms with E-state index >= 15 is 0 Å². The first-order chi connectivity index (χ1) is 12.3. The number of hydrogen-bond acceptors (Lipinski definition) is 4. The topological polar surface area (TPSA) is 71.3 Å². The number of hydrogen-bond donors (Lipinski definition) is 2. The second kappa shape index (κ2) is 6.67. The SMILES string of the molecule is CNc1ccc(-c2cc(=O)c3c(NC(=O)C(C)(C)C)cccc3o2)cc1. The van der Waals surface area contributed by atoms with E-state index in [9.17, 15) is 9.59 Å². The lowest BCUT2D eigenvalue weighted by atomic mass is 9.95. The molecule has 2 N–H and O–H groups in total. The number of rotatable bonds is 3. The van der Waals surface area contributed by atoms with Crippen LogP contribution in [0.15, 0.2) is 57.7 Å². The third-order valence-electron chi connectivity index (χ3n) is 4.14. The summed E-state index contributed by atoms with van der Waals surface area (Å²) in [5, 5.41) is 6.26. The summed E-state index contributed by atoms with van der Waals surface area (Å²) in [5.74, 6) is 0.334. The molecule has 5 heteroatoms. The number of nitrogens with one attached hydrogen (secondary N) is 2. The average molecular weight is 350 g/mol. The van der Waals surface area contributed by atoms with E-state index < -0.39 is 5.41 Å². The van der Waals surface area contributed by atoms with Crippen LogP contribution in [0.1, 0.15) is 20.8 Å². The zero-order valence-corrected chi connectivity index (χ0v) is 15.3. The fraction of sp³-hybridized carbons (Fsp3) is 0.238. The van der Waals surface area contributed by atoms with Crippen molar-refractivity contribution in [3.05, 3.63) is 58.8 Å². The second-order valence-electron chi connectivity index (χ2n) is 7.19. The van der Waals surface area contributed by atoms with Crippen LogP contribution in [0.25, 0.3) is 22.3 Å². The van der Waals surface area contributed by atoms with Crippen LogP contribution in [0.4, 0.5) is 11.4 Å². The third-order valence-corrected chi connectivity index (χ3v) is 4.14. The summed E-state index contributed by atoms with van der Waals surface area (Å²) in [4.78, 5) is 25.0. The Morgan fingerprint density at radius 2 is 1.73 bits per heavy atom. The molecule has 134 valence electrons. The zero-order valence-electron chi connectivity index (χ0n) is 15.3. The number of carbonyl (C=O) groups excluding carboxylic acids is 1. The van der Waals surface area contributed by atoms with Gasteiger partial charge in [0.05, 0.1) is 11.1 Å². The second-order valence-corrected chi connectivity index (χ2v) is 7.19. The molecule has 0 atom stereocenters. The van der Waals surface area contributed by atoms with Gasteiger partial charge >= 0.3 is 0 Å². The molecule has 0 aliphatic carbocycles. The van der Waals surface area contributed by atoms with Gasteiger partial charge in [0.25, 0.3) is 0 Å². The van der Waals surface area contributed by atoms with Crippen molar-refractivity contribution in [2.75, 3.05) is 17.7 Å². The van der Waals surface area contributed by atoms with Crippen molar-refractivity contribution in [1.29, 1.82) is 0 Å². The molecule has 0 aliphatic heterocycles. The van der Waals surface area contributed by atoms with E-state index in [-0.39, 0.29) is 11.3 Å². The molecule has 0 saturated heterocycles. The van der Waals surface area contributed by atoms with Crippen LogP contribution in [0.2, 0.25) is 0 Å². The number of benzene rings is 2. The van der Waals surface area contributed by atoms with Gasteiger partial charge in [0.1, 0.15) is 11.3 Å². The molecule has 26 heavy (non-hydrogen) atoms. The summed E-state index contributed by atoms with van der Waals surface area (Å²) < 4.78 is 5.94. The molecule has 0 spiro atoms. The summed E-state index contributed by atoms with van der Waals surface area (Å²) in [6.45, 7) is 5.47. The molecule has 1 aromatic heterocycles. The predicted octanol–water partition coefficient (Wildman–Crippen LogP) is 4.49. The fourth-order valence-electron chi connectivity index (χ4n) is 2.57. The van der Waals surface area contributed by atoms with Crippen LogP contribution in [-0.4, -0.2) is 13.0 Å². The minimum atomic E-state index is -0.558. The Bertz CT molecular complexity index is 1010. The lowest BCUT2D eigenvalue weighted by molar-refractivity contribution is -0.123. The highest BCUT2D eigenvalue weighted by atomic mass is 16.3. The van der Waals surface area contributed by atoms with Gasteiger partial charge in [-0.1, -0.05) is 26.8 Å². The van der Waals surface area contributed by atoms with Crippen molar-refractivity contribution in [1.82, 2.24) is 0 Å². The number of anilines is 2. The third kappa shape index (κ3) is 3.47. The summed E-state index contributed by atoms with van der Waals surface area (Å²) in [6.07, 6.45) is 0. The van der Waals surface area contributed by atoms with Gasteiger partial charge in [0.2, 0.25) is 5.91 Å². The number of fused-ring (bicyclic) bond motifs is 1. The van der Waals surface area contributed by atoms with Crippen molar-refractivity contribution in [2.45, 2.75) is 20.8 Å². The van der Waals surface area contributed by atoms with E-state index in [1.54, 1.807) is 18.2 Å². The van der Waals surface area contributed by atoms with Crippen LogP contribution in [0.5, 0.6) is 0 Å². The smallest absolute Gasteiger partial charge is 0.229 e. The van der Waals surface area contributed by atoms with Gasteiger partial charge in [-0.2, -0.15) is 0 Å². The van der Waals surface area contributed by atoms with E-state index in [2.05, 4.69) is 10.6 Å². The van der Waals surface area contributed by atoms with Crippen molar-refractivity contribution in [3.63, 3.8) is 0 Å². The standard InChI is InChI=1S/C21H22N2O3/c1-21(2,3)20(25)23-15-6-5-7-17-19(15)16(24)12-18(26-17)13-8-10-14(22-4)11-9-13/h5-12,22H,1-4H3,(H,23,25). The van der Waals surface area contributed by atoms with Crippen LogP contribution in [0, 0.1) is 5.41 Å². The Labute approximate surface area is 152 Å². The van der Waals surface area contributed by atoms with Crippen LogP contribution < -0.4 is 16.1 Å². The van der Waals surface area contributed by atoms with Gasteiger partial charge in [0.15, 0.2) is 5.43 Å². The summed E-state index contributed by atoms with van der Waals surface area (Å²) in [5.41, 5.74) is 1.95.